The first-order valence-electron chi connectivity index (χ1n) is 13.8. The molecule has 40 heavy (non-hydrogen) atoms. The number of hydrogen-bond acceptors (Lipinski definition) is 10. The molecule has 212 valence electrons. The third-order valence-electron chi connectivity index (χ3n) is 7.17. The maximum absolute atomic E-state index is 6.23. The highest BCUT2D eigenvalue weighted by molar-refractivity contribution is 5.86. The summed E-state index contributed by atoms with van der Waals surface area (Å²) in [5, 5.41) is 7.81. The fraction of sp³-hybridized carbons (Fsp3) is 0.414. The first-order valence-corrected chi connectivity index (χ1v) is 13.8. The second-order valence-electron chi connectivity index (χ2n) is 10.3. The number of fused-ring (bicyclic) bond motifs is 1. The minimum atomic E-state index is -0.252. The molecular formula is C29H39N9O2. The van der Waals surface area contributed by atoms with Gasteiger partial charge in [0.05, 0.1) is 26.0 Å². The molecule has 1 aliphatic rings. The molecule has 1 saturated heterocycles. The molecule has 1 aliphatic heterocycles. The fourth-order valence-corrected chi connectivity index (χ4v) is 4.94. The van der Waals surface area contributed by atoms with Gasteiger partial charge in [0, 0.05) is 44.4 Å². The van der Waals surface area contributed by atoms with Crippen molar-refractivity contribution < 1.29 is 9.47 Å². The lowest BCUT2D eigenvalue weighted by molar-refractivity contribution is 0.148. The van der Waals surface area contributed by atoms with Crippen LogP contribution in [0.2, 0.25) is 0 Å². The van der Waals surface area contributed by atoms with Gasteiger partial charge in [-0.15, -0.1) is 0 Å². The molecule has 1 unspecified atom stereocenters. The molecule has 0 radical (unpaired) electrons. The molecule has 1 fully saturated rings. The zero-order valence-electron chi connectivity index (χ0n) is 23.5. The van der Waals surface area contributed by atoms with Gasteiger partial charge in [0.2, 0.25) is 5.95 Å². The van der Waals surface area contributed by atoms with E-state index >= 15 is 0 Å². The monoisotopic (exact) mass is 545 g/mol. The second-order valence-corrected chi connectivity index (χ2v) is 10.3. The van der Waals surface area contributed by atoms with Gasteiger partial charge in [0.25, 0.3) is 0 Å². The fourth-order valence-electron chi connectivity index (χ4n) is 4.94. The van der Waals surface area contributed by atoms with Gasteiger partial charge in [-0.25, -0.2) is 4.98 Å². The van der Waals surface area contributed by atoms with Crippen molar-refractivity contribution in [1.82, 2.24) is 29.5 Å². The molecule has 0 saturated carbocycles. The van der Waals surface area contributed by atoms with Crippen LogP contribution in [-0.2, 0) is 13.1 Å². The van der Waals surface area contributed by atoms with Crippen LogP contribution in [0.1, 0.15) is 30.9 Å². The number of anilines is 2. The zero-order chi connectivity index (χ0) is 28.1. The van der Waals surface area contributed by atoms with E-state index in [-0.39, 0.29) is 12.1 Å². The third-order valence-corrected chi connectivity index (χ3v) is 7.17. The predicted octanol–water partition coefficient (Wildman–Crippen LogP) is 3.50. The normalized spacial score (nSPS) is 15.3. The molecule has 4 aromatic rings. The van der Waals surface area contributed by atoms with E-state index < -0.39 is 0 Å². The molecule has 2 aromatic heterocycles. The van der Waals surface area contributed by atoms with E-state index in [1.54, 1.807) is 13.3 Å². The van der Waals surface area contributed by atoms with Crippen LogP contribution in [0.15, 0.2) is 48.7 Å². The van der Waals surface area contributed by atoms with Gasteiger partial charge < -0.3 is 31.2 Å². The van der Waals surface area contributed by atoms with Gasteiger partial charge in [0.1, 0.15) is 28.3 Å². The van der Waals surface area contributed by atoms with Crippen LogP contribution in [0.25, 0.3) is 11.0 Å². The van der Waals surface area contributed by atoms with Crippen LogP contribution in [0.5, 0.6) is 17.2 Å². The number of rotatable bonds is 11. The van der Waals surface area contributed by atoms with Crippen LogP contribution in [-0.4, -0.2) is 76.1 Å². The molecule has 5 rings (SSSR count). The van der Waals surface area contributed by atoms with Crippen LogP contribution in [0.4, 0.5) is 11.8 Å². The number of nitrogens with one attached hydrogen (secondary N) is 1. The van der Waals surface area contributed by atoms with Crippen LogP contribution < -0.4 is 26.3 Å². The molecule has 3 heterocycles. The summed E-state index contributed by atoms with van der Waals surface area (Å²) in [6.45, 7) is 7.91. The average molecular weight is 546 g/mol. The molecule has 2 aromatic carbocycles. The number of benzene rings is 2. The lowest BCUT2D eigenvalue weighted by atomic mass is 10.1. The Morgan fingerprint density at radius 2 is 1.75 bits per heavy atom. The summed E-state index contributed by atoms with van der Waals surface area (Å²) in [4.78, 5) is 13.6. The van der Waals surface area contributed by atoms with E-state index in [2.05, 4.69) is 56.3 Å². The van der Waals surface area contributed by atoms with Gasteiger partial charge >= 0.3 is 0 Å². The predicted molar refractivity (Wildman–Crippen MR) is 158 cm³/mol. The molecule has 0 bridgehead atoms. The highest BCUT2D eigenvalue weighted by Gasteiger charge is 2.17. The quantitative estimate of drug-likeness (QED) is 0.241. The second kappa shape index (κ2) is 12.5. The molecule has 11 nitrogen and oxygen atoms in total. The van der Waals surface area contributed by atoms with E-state index in [0.29, 0.717) is 29.4 Å². The number of nitrogens with zero attached hydrogens (tertiary/aromatic N) is 6. The summed E-state index contributed by atoms with van der Waals surface area (Å²) in [6, 6.07) is 14.1. The highest BCUT2D eigenvalue weighted by atomic mass is 16.5. The van der Waals surface area contributed by atoms with Crippen LogP contribution in [0.3, 0.4) is 0 Å². The van der Waals surface area contributed by atoms with Crippen molar-refractivity contribution in [3.8, 4) is 17.2 Å². The van der Waals surface area contributed by atoms with E-state index in [1.165, 1.54) is 5.56 Å². The maximum Gasteiger partial charge on any atom is 0.222 e. The Kier molecular flexibility index (Phi) is 8.63. The smallest absolute Gasteiger partial charge is 0.222 e. The summed E-state index contributed by atoms with van der Waals surface area (Å²) in [6.07, 6.45) is 3.18. The Hall–Kier alpha value is -3.93. The van der Waals surface area contributed by atoms with Gasteiger partial charge in [0.15, 0.2) is 5.82 Å². The number of piperazine rings is 1. The first-order chi connectivity index (χ1) is 19.4. The summed E-state index contributed by atoms with van der Waals surface area (Å²) >= 11 is 0. The molecule has 0 amide bonds. The van der Waals surface area contributed by atoms with Gasteiger partial charge in [-0.3, -0.25) is 9.58 Å². The van der Waals surface area contributed by atoms with E-state index in [0.717, 1.165) is 62.4 Å². The first kappa shape index (κ1) is 27.6. The molecule has 11 heteroatoms. The number of methoxy groups -OCH3 is 1. The maximum atomic E-state index is 6.23. The van der Waals surface area contributed by atoms with Gasteiger partial charge in [-0.2, -0.15) is 10.1 Å². The standard InChI is InChI=1S/C29H39N9O2/c1-4-5-26(30)34-28-27-24(33-29(31)35-28)17-32-38(27)19-21-8-11-23(16-25(21)39-3)40-22-9-6-20(7-10-22)18-37-14-12-36(2)13-15-37/h6-11,16-17,26H,4-5,12-15,18-19,30H2,1-3H3,(H3,31,33,34,35). The average Bonchev–Trinajstić information content (AvgIpc) is 3.34. The third kappa shape index (κ3) is 6.61. The van der Waals surface area contributed by atoms with Gasteiger partial charge in [-0.1, -0.05) is 25.5 Å². The lowest BCUT2D eigenvalue weighted by Crippen LogP contribution is -2.43. The molecule has 0 aliphatic carbocycles. The Morgan fingerprint density at radius 1 is 1.00 bits per heavy atom. The minimum Gasteiger partial charge on any atom is -0.496 e. The van der Waals surface area contributed by atoms with E-state index in [9.17, 15) is 0 Å². The Morgan fingerprint density at radius 3 is 2.48 bits per heavy atom. The van der Waals surface area contributed by atoms with Crippen molar-refractivity contribution >= 4 is 22.8 Å². The lowest BCUT2D eigenvalue weighted by Gasteiger charge is -2.32. The highest BCUT2D eigenvalue weighted by Crippen LogP contribution is 2.31. The van der Waals surface area contributed by atoms with Crippen molar-refractivity contribution in [3.63, 3.8) is 0 Å². The molecule has 0 spiro atoms. The SMILES string of the molecule is CCCC(N)Nc1nc(N)nc2cnn(Cc3ccc(Oc4ccc(CN5CCN(C)CC5)cc4)cc3OC)c12. The number of aromatic nitrogens is 4. The number of ether oxygens (including phenoxy) is 2. The van der Waals surface area contributed by atoms with Crippen molar-refractivity contribution in [1.29, 1.82) is 0 Å². The van der Waals surface area contributed by atoms with Crippen LogP contribution in [0, 0.1) is 0 Å². The number of likely N-dealkylation sites (N-methyl/N-ethyl adjacent to an activating group) is 1. The Balaban J connectivity index is 1.29. The largest absolute Gasteiger partial charge is 0.496 e. The number of nitrogens with two attached hydrogens (primary N) is 2. The Labute approximate surface area is 235 Å². The number of hydrogen-bond donors (Lipinski definition) is 3. The van der Waals surface area contributed by atoms with Crippen molar-refractivity contribution in [2.75, 3.05) is 51.4 Å². The molecule has 5 N–H and O–H groups in total. The van der Waals surface area contributed by atoms with Crippen molar-refractivity contribution in [2.45, 2.75) is 39.0 Å². The van der Waals surface area contributed by atoms with Crippen LogP contribution >= 0.6 is 0 Å². The zero-order valence-corrected chi connectivity index (χ0v) is 23.5. The summed E-state index contributed by atoms with van der Waals surface area (Å²) in [7, 11) is 3.83. The summed E-state index contributed by atoms with van der Waals surface area (Å²) in [5.41, 5.74) is 15.8. The topological polar surface area (TPSA) is 133 Å². The molecular weight excluding hydrogens is 506 g/mol. The number of nitrogen functional groups attached to an aromatic ring is 1. The van der Waals surface area contributed by atoms with Crippen molar-refractivity contribution in [3.05, 3.63) is 59.8 Å². The molecule has 1 atom stereocenters. The summed E-state index contributed by atoms with van der Waals surface area (Å²) < 4.78 is 13.7. The van der Waals surface area contributed by atoms with E-state index in [4.69, 9.17) is 20.9 Å². The van der Waals surface area contributed by atoms with E-state index in [1.807, 2.05) is 35.0 Å². The van der Waals surface area contributed by atoms with Gasteiger partial charge in [-0.05, 0) is 43.3 Å². The summed E-state index contributed by atoms with van der Waals surface area (Å²) in [5.74, 6) is 2.91. The van der Waals surface area contributed by atoms with Crippen molar-refractivity contribution in [2.24, 2.45) is 5.73 Å². The minimum absolute atomic E-state index is 0.171. The Bertz CT molecular complexity index is 1420.